The first-order valence-electron chi connectivity index (χ1n) is 9.74. The molecule has 0 aliphatic carbocycles. The van der Waals surface area contributed by atoms with Gasteiger partial charge in [-0.3, -0.25) is 0 Å². The molecular weight excluding hydrogens is 379 g/mol. The Hall–Kier alpha value is -1.70. The molecule has 0 atom stereocenters. The van der Waals surface area contributed by atoms with Gasteiger partial charge >= 0.3 is 18.9 Å². The minimum absolute atomic E-state index is 0. The third kappa shape index (κ3) is 6.66. The Bertz CT molecular complexity index is 857. The molecule has 0 aromatic heterocycles. The van der Waals surface area contributed by atoms with Crippen LogP contribution >= 0.6 is 11.6 Å². The summed E-state index contributed by atoms with van der Waals surface area (Å²) in [6.07, 6.45) is 6.84. The van der Waals surface area contributed by atoms with Gasteiger partial charge in [-0.25, -0.2) is 0 Å². The van der Waals surface area contributed by atoms with E-state index < -0.39 is 5.97 Å². The maximum Gasteiger partial charge on any atom is 1.00 e. The first-order valence-corrected chi connectivity index (χ1v) is 10.1. The monoisotopic (exact) mass is 404 g/mol. The van der Waals surface area contributed by atoms with Crippen LogP contribution in [0.1, 0.15) is 24.0 Å². The zero-order valence-electron chi connectivity index (χ0n) is 17.2. The van der Waals surface area contributed by atoms with Gasteiger partial charge in [-0.05, 0) is 74.7 Å². The fourth-order valence-corrected chi connectivity index (χ4v) is 3.86. The number of hydrogen-bond acceptors (Lipinski definition) is 4. The second-order valence-corrected chi connectivity index (χ2v) is 7.68. The Morgan fingerprint density at radius 2 is 1.86 bits per heavy atom. The second kappa shape index (κ2) is 11.5. The molecule has 1 aliphatic heterocycles. The Morgan fingerprint density at radius 1 is 1.14 bits per heavy atom. The molecule has 2 aromatic carbocycles. The number of anilines is 2. The molecule has 0 N–H and O–H groups in total. The van der Waals surface area contributed by atoms with E-state index in [0.29, 0.717) is 6.54 Å². The van der Waals surface area contributed by atoms with Crippen LogP contribution in [-0.2, 0) is 17.6 Å². The van der Waals surface area contributed by atoms with Crippen LogP contribution < -0.4 is 28.9 Å². The van der Waals surface area contributed by atoms with Crippen molar-refractivity contribution >= 4 is 28.9 Å². The first kappa shape index (κ1) is 23.6. The predicted molar refractivity (Wildman–Crippen MR) is 113 cm³/mol. The van der Waals surface area contributed by atoms with Crippen LogP contribution in [0.15, 0.2) is 54.6 Å². The van der Waals surface area contributed by atoms with Gasteiger partial charge in [0.15, 0.2) is 0 Å². The number of para-hydroxylation sites is 1. The fourth-order valence-electron chi connectivity index (χ4n) is 3.70. The minimum atomic E-state index is -1.15. The molecular formula is C23H26ClLiN2O2. The van der Waals surface area contributed by atoms with Crippen LogP contribution in [-0.4, -0.2) is 37.6 Å². The number of halogens is 1. The first-order chi connectivity index (χ1) is 13.5. The maximum absolute atomic E-state index is 10.4. The molecule has 0 saturated heterocycles. The topological polar surface area (TPSA) is 46.6 Å². The van der Waals surface area contributed by atoms with Crippen LogP contribution in [0.4, 0.5) is 11.4 Å². The van der Waals surface area contributed by atoms with Gasteiger partial charge in [0.05, 0.1) is 5.97 Å². The predicted octanol–water partition coefficient (Wildman–Crippen LogP) is 0.599. The average Bonchev–Trinajstić information content (AvgIpc) is 2.82. The van der Waals surface area contributed by atoms with Gasteiger partial charge in [0.2, 0.25) is 0 Å². The quantitative estimate of drug-likeness (QED) is 0.367. The van der Waals surface area contributed by atoms with Crippen molar-refractivity contribution in [3.63, 3.8) is 0 Å². The summed E-state index contributed by atoms with van der Waals surface area (Å²) in [5, 5.41) is 11.2. The normalized spacial score (nSPS) is 13.0. The summed E-state index contributed by atoms with van der Waals surface area (Å²) >= 11 is 6.31. The summed E-state index contributed by atoms with van der Waals surface area (Å²) < 4.78 is 0. The molecule has 4 nitrogen and oxygen atoms in total. The molecule has 1 heterocycles. The number of carbonyl (C=O) groups excluding carboxylic acids is 1. The zero-order chi connectivity index (χ0) is 19.9. The molecule has 0 spiro atoms. The summed E-state index contributed by atoms with van der Waals surface area (Å²) in [5.74, 6) is -1.15. The van der Waals surface area contributed by atoms with Gasteiger partial charge < -0.3 is 19.7 Å². The zero-order valence-corrected chi connectivity index (χ0v) is 18.0. The third-order valence-electron chi connectivity index (χ3n) is 5.13. The van der Waals surface area contributed by atoms with Crippen molar-refractivity contribution in [3.05, 3.63) is 70.8 Å². The fraction of sp³-hybridized carbons (Fsp3) is 0.348. The second-order valence-electron chi connectivity index (χ2n) is 7.24. The number of nitrogens with zero attached hydrogens (tertiary/aromatic N) is 2. The standard InChI is InChI=1S/C23H27ClN2O2.Li/c1-25(15-6-9-23(27)28)14-4-5-16-26-21-8-3-2-7-18(21)10-11-19-12-13-20(24)17-22(19)26;/h2-3,6-9,12-13,17H,4-5,10-11,14-16H2,1H3,(H,27,28);/q;+1/p-1/b9-6+;. The van der Waals surface area contributed by atoms with Crippen LogP contribution in [0, 0.1) is 0 Å². The van der Waals surface area contributed by atoms with E-state index >= 15 is 0 Å². The van der Waals surface area contributed by atoms with Crippen molar-refractivity contribution in [2.45, 2.75) is 25.7 Å². The van der Waals surface area contributed by atoms with E-state index in [4.69, 9.17) is 11.6 Å². The number of aliphatic carboxylic acids is 1. The molecule has 3 rings (SSSR count). The number of rotatable bonds is 8. The number of carboxylic acids is 1. The van der Waals surface area contributed by atoms with Crippen molar-refractivity contribution in [1.82, 2.24) is 4.90 Å². The molecule has 0 fully saturated rings. The summed E-state index contributed by atoms with van der Waals surface area (Å²) in [6.45, 7) is 2.45. The van der Waals surface area contributed by atoms with Gasteiger partial charge in [-0.2, -0.15) is 0 Å². The van der Waals surface area contributed by atoms with Crippen LogP contribution in [0.3, 0.4) is 0 Å². The van der Waals surface area contributed by atoms with Crippen LogP contribution in [0.25, 0.3) is 0 Å². The number of unbranched alkanes of at least 4 members (excludes halogenated alkanes) is 1. The van der Waals surface area contributed by atoms with Gasteiger partial charge in [0.25, 0.3) is 0 Å². The van der Waals surface area contributed by atoms with E-state index in [1.807, 2.05) is 13.1 Å². The molecule has 0 unspecified atom stereocenters. The van der Waals surface area contributed by atoms with Crippen LogP contribution in [0.2, 0.25) is 5.02 Å². The number of aryl methyl sites for hydroxylation is 2. The molecule has 0 amide bonds. The molecule has 29 heavy (non-hydrogen) atoms. The Labute approximate surface area is 190 Å². The summed E-state index contributed by atoms with van der Waals surface area (Å²) in [4.78, 5) is 15.0. The number of fused-ring (bicyclic) bond motifs is 2. The molecule has 0 bridgehead atoms. The van der Waals surface area contributed by atoms with E-state index in [1.54, 1.807) is 6.08 Å². The summed E-state index contributed by atoms with van der Waals surface area (Å²) in [6, 6.07) is 14.8. The smallest absolute Gasteiger partial charge is 0.545 e. The number of likely N-dealkylation sites (N-methyl/N-ethyl adjacent to an activating group) is 1. The molecule has 148 valence electrons. The minimum Gasteiger partial charge on any atom is -0.545 e. The summed E-state index contributed by atoms with van der Waals surface area (Å²) in [7, 11) is 2.00. The third-order valence-corrected chi connectivity index (χ3v) is 5.36. The molecule has 0 saturated carbocycles. The average molecular weight is 405 g/mol. The molecule has 1 aliphatic rings. The van der Waals surface area contributed by atoms with E-state index in [1.165, 1.54) is 22.5 Å². The SMILES string of the molecule is CN(C/C=C/C(=O)[O-])CCCCN1c2ccccc2CCc2ccc(Cl)cc21.[Li+]. The Kier molecular flexibility index (Phi) is 9.33. The van der Waals surface area contributed by atoms with Crippen molar-refractivity contribution in [1.29, 1.82) is 0 Å². The van der Waals surface area contributed by atoms with E-state index in [9.17, 15) is 9.90 Å². The Morgan fingerprint density at radius 3 is 2.62 bits per heavy atom. The van der Waals surface area contributed by atoms with Gasteiger partial charge in [-0.15, -0.1) is 0 Å². The van der Waals surface area contributed by atoms with Gasteiger partial charge in [0, 0.05) is 29.5 Å². The largest absolute Gasteiger partial charge is 1.00 e. The van der Waals surface area contributed by atoms with Crippen molar-refractivity contribution < 1.29 is 28.8 Å². The molecule has 6 heteroatoms. The number of carbonyl (C=O) groups is 1. The van der Waals surface area contributed by atoms with E-state index in [-0.39, 0.29) is 18.9 Å². The van der Waals surface area contributed by atoms with Crippen molar-refractivity contribution in [2.75, 3.05) is 31.6 Å². The van der Waals surface area contributed by atoms with Crippen molar-refractivity contribution in [2.24, 2.45) is 0 Å². The molecule has 2 aromatic rings. The number of hydrogen-bond donors (Lipinski definition) is 0. The van der Waals surface area contributed by atoms with E-state index in [2.05, 4.69) is 46.2 Å². The summed E-state index contributed by atoms with van der Waals surface area (Å²) in [5.41, 5.74) is 5.20. The van der Waals surface area contributed by atoms with Crippen LogP contribution in [0.5, 0.6) is 0 Å². The number of carboxylic acid groups (broad SMARTS) is 1. The maximum atomic E-state index is 10.4. The van der Waals surface area contributed by atoms with Gasteiger partial charge in [0.1, 0.15) is 0 Å². The Balaban J connectivity index is 0.00000300. The number of benzene rings is 2. The van der Waals surface area contributed by atoms with E-state index in [0.717, 1.165) is 49.9 Å². The van der Waals surface area contributed by atoms with Gasteiger partial charge in [-0.1, -0.05) is 41.9 Å². The molecule has 0 radical (unpaired) electrons. The van der Waals surface area contributed by atoms with Crippen molar-refractivity contribution in [3.8, 4) is 0 Å².